The molecule has 2 N–H and O–H groups in total. The quantitative estimate of drug-likeness (QED) is 0.748. The van der Waals surface area contributed by atoms with Gasteiger partial charge in [0.1, 0.15) is 5.75 Å². The van der Waals surface area contributed by atoms with E-state index in [-0.39, 0.29) is 24.9 Å². The molecule has 0 unspecified atom stereocenters. The second-order valence-corrected chi connectivity index (χ2v) is 4.62. The number of Topliss-reactive ketones (excluding diaryl/α,β-unsaturated/α-hetero) is 1. The Morgan fingerprint density at radius 1 is 1.21 bits per heavy atom. The number of benzene rings is 1. The third-order valence-electron chi connectivity index (χ3n) is 2.85. The maximum atomic E-state index is 12.1. The Morgan fingerprint density at radius 2 is 1.79 bits per heavy atom. The number of ketones is 1. The van der Waals surface area contributed by atoms with E-state index in [4.69, 9.17) is 10.5 Å². The minimum absolute atomic E-state index is 0.0439. The van der Waals surface area contributed by atoms with Crippen LogP contribution in [0.3, 0.4) is 0 Å². The molecule has 0 aliphatic heterocycles. The lowest BCUT2D eigenvalue weighted by Gasteiger charge is -2.24. The van der Waals surface area contributed by atoms with Crippen molar-refractivity contribution in [1.29, 1.82) is 0 Å². The van der Waals surface area contributed by atoms with Crippen LogP contribution in [-0.2, 0) is 4.79 Å². The van der Waals surface area contributed by atoms with Crippen LogP contribution in [0.15, 0.2) is 24.3 Å². The summed E-state index contributed by atoms with van der Waals surface area (Å²) in [4.78, 5) is 24.8. The van der Waals surface area contributed by atoms with Crippen LogP contribution >= 0.6 is 0 Å². The standard InChI is InChI=1S/C14H20N2O3/c1-10(2)16(9-14(15)18)8-13(17)11-4-6-12(19-3)7-5-11/h4-7,10H,8-9H2,1-3H3,(H2,15,18). The second-order valence-electron chi connectivity index (χ2n) is 4.62. The number of amides is 1. The van der Waals surface area contributed by atoms with Gasteiger partial charge in [-0.1, -0.05) is 0 Å². The van der Waals surface area contributed by atoms with Gasteiger partial charge in [-0.15, -0.1) is 0 Å². The Morgan fingerprint density at radius 3 is 2.21 bits per heavy atom. The lowest BCUT2D eigenvalue weighted by molar-refractivity contribution is -0.119. The van der Waals surface area contributed by atoms with E-state index < -0.39 is 5.91 Å². The summed E-state index contributed by atoms with van der Waals surface area (Å²) in [5.74, 6) is 0.225. The first kappa shape index (κ1) is 15.2. The van der Waals surface area contributed by atoms with Crippen LogP contribution < -0.4 is 10.5 Å². The monoisotopic (exact) mass is 264 g/mol. The lowest BCUT2D eigenvalue weighted by atomic mass is 10.1. The lowest BCUT2D eigenvalue weighted by Crippen LogP contribution is -2.41. The summed E-state index contributed by atoms with van der Waals surface area (Å²) < 4.78 is 5.04. The van der Waals surface area contributed by atoms with Gasteiger partial charge in [-0.05, 0) is 38.1 Å². The Balaban J connectivity index is 2.72. The fourth-order valence-corrected chi connectivity index (χ4v) is 1.67. The molecule has 19 heavy (non-hydrogen) atoms. The number of carbonyl (C=O) groups is 2. The van der Waals surface area contributed by atoms with Crippen molar-refractivity contribution in [3.63, 3.8) is 0 Å². The molecule has 5 heteroatoms. The van der Waals surface area contributed by atoms with E-state index in [1.807, 2.05) is 13.8 Å². The Kier molecular flexibility index (Phi) is 5.51. The van der Waals surface area contributed by atoms with E-state index in [0.717, 1.165) is 0 Å². The van der Waals surface area contributed by atoms with E-state index >= 15 is 0 Å². The van der Waals surface area contributed by atoms with Gasteiger partial charge in [0, 0.05) is 11.6 Å². The minimum Gasteiger partial charge on any atom is -0.497 e. The van der Waals surface area contributed by atoms with E-state index in [0.29, 0.717) is 11.3 Å². The molecule has 0 aromatic heterocycles. The maximum absolute atomic E-state index is 12.1. The molecule has 0 aliphatic carbocycles. The molecule has 1 aromatic carbocycles. The molecule has 0 fully saturated rings. The summed E-state index contributed by atoms with van der Waals surface area (Å²) in [5, 5.41) is 0. The van der Waals surface area contributed by atoms with Crippen molar-refractivity contribution in [3.05, 3.63) is 29.8 Å². The maximum Gasteiger partial charge on any atom is 0.231 e. The normalized spacial score (nSPS) is 10.8. The number of methoxy groups -OCH3 is 1. The average Bonchev–Trinajstić information content (AvgIpc) is 2.37. The highest BCUT2D eigenvalue weighted by molar-refractivity contribution is 5.98. The van der Waals surface area contributed by atoms with Gasteiger partial charge in [0.15, 0.2) is 5.78 Å². The van der Waals surface area contributed by atoms with Crippen molar-refractivity contribution in [2.75, 3.05) is 20.2 Å². The topological polar surface area (TPSA) is 72.6 Å². The number of hydrogen-bond acceptors (Lipinski definition) is 4. The van der Waals surface area contributed by atoms with Crippen molar-refractivity contribution in [3.8, 4) is 5.75 Å². The number of rotatable bonds is 7. The zero-order valence-electron chi connectivity index (χ0n) is 11.6. The average molecular weight is 264 g/mol. The molecule has 0 spiro atoms. The van der Waals surface area contributed by atoms with Gasteiger partial charge in [0.25, 0.3) is 0 Å². The summed E-state index contributed by atoms with van der Waals surface area (Å²) in [6.07, 6.45) is 0. The number of primary amides is 1. The zero-order valence-corrected chi connectivity index (χ0v) is 11.6. The highest BCUT2D eigenvalue weighted by atomic mass is 16.5. The Labute approximate surface area is 113 Å². The molecule has 0 saturated heterocycles. The van der Waals surface area contributed by atoms with E-state index in [9.17, 15) is 9.59 Å². The zero-order chi connectivity index (χ0) is 14.4. The molecule has 0 bridgehead atoms. The van der Waals surface area contributed by atoms with Crippen LogP contribution in [0, 0.1) is 0 Å². The molecule has 0 saturated carbocycles. The van der Waals surface area contributed by atoms with Gasteiger partial charge in [-0.25, -0.2) is 0 Å². The Bertz CT molecular complexity index is 441. The highest BCUT2D eigenvalue weighted by Crippen LogP contribution is 2.12. The summed E-state index contributed by atoms with van der Waals surface area (Å²) >= 11 is 0. The fraction of sp³-hybridized carbons (Fsp3) is 0.429. The van der Waals surface area contributed by atoms with Crippen LogP contribution in [-0.4, -0.2) is 42.8 Å². The number of nitrogens with two attached hydrogens (primary N) is 1. The number of hydrogen-bond donors (Lipinski definition) is 1. The predicted octanol–water partition coefficient (Wildman–Crippen LogP) is 1.07. The molecule has 0 heterocycles. The number of ether oxygens (including phenoxy) is 1. The van der Waals surface area contributed by atoms with Crippen LogP contribution in [0.5, 0.6) is 5.75 Å². The second kappa shape index (κ2) is 6.89. The third kappa shape index (κ3) is 4.71. The first-order valence-electron chi connectivity index (χ1n) is 6.13. The van der Waals surface area contributed by atoms with Crippen LogP contribution in [0.25, 0.3) is 0 Å². The van der Waals surface area contributed by atoms with E-state index in [1.54, 1.807) is 36.3 Å². The molecular formula is C14H20N2O3. The van der Waals surface area contributed by atoms with Crippen molar-refractivity contribution >= 4 is 11.7 Å². The number of nitrogens with zero attached hydrogens (tertiary/aromatic N) is 1. The Hall–Kier alpha value is -1.88. The summed E-state index contributed by atoms with van der Waals surface area (Å²) in [6.45, 7) is 4.10. The van der Waals surface area contributed by atoms with Crippen molar-refractivity contribution < 1.29 is 14.3 Å². The first-order chi connectivity index (χ1) is 8.93. The van der Waals surface area contributed by atoms with Crippen LogP contribution in [0.2, 0.25) is 0 Å². The van der Waals surface area contributed by atoms with E-state index in [2.05, 4.69) is 0 Å². The van der Waals surface area contributed by atoms with Gasteiger partial charge in [-0.3, -0.25) is 14.5 Å². The molecular weight excluding hydrogens is 244 g/mol. The fourth-order valence-electron chi connectivity index (χ4n) is 1.67. The van der Waals surface area contributed by atoms with Crippen molar-refractivity contribution in [1.82, 2.24) is 4.90 Å². The molecule has 0 atom stereocenters. The van der Waals surface area contributed by atoms with Crippen LogP contribution in [0.4, 0.5) is 0 Å². The minimum atomic E-state index is -0.434. The smallest absolute Gasteiger partial charge is 0.231 e. The van der Waals surface area contributed by atoms with Gasteiger partial charge in [0.2, 0.25) is 5.91 Å². The molecule has 0 radical (unpaired) electrons. The molecule has 1 aromatic rings. The van der Waals surface area contributed by atoms with Crippen molar-refractivity contribution in [2.24, 2.45) is 5.73 Å². The first-order valence-corrected chi connectivity index (χ1v) is 6.13. The van der Waals surface area contributed by atoms with Gasteiger partial charge in [0.05, 0.1) is 20.2 Å². The van der Waals surface area contributed by atoms with Crippen LogP contribution in [0.1, 0.15) is 24.2 Å². The molecule has 0 aliphatic rings. The SMILES string of the molecule is COc1ccc(C(=O)CN(CC(N)=O)C(C)C)cc1. The molecule has 1 rings (SSSR count). The molecule has 5 nitrogen and oxygen atoms in total. The van der Waals surface area contributed by atoms with Gasteiger partial charge in [-0.2, -0.15) is 0 Å². The predicted molar refractivity (Wildman–Crippen MR) is 73.2 cm³/mol. The van der Waals surface area contributed by atoms with Crippen molar-refractivity contribution in [2.45, 2.75) is 19.9 Å². The molecule has 104 valence electrons. The summed E-state index contributed by atoms with van der Waals surface area (Å²) in [7, 11) is 1.57. The summed E-state index contributed by atoms with van der Waals surface area (Å²) in [6, 6.07) is 6.98. The van der Waals surface area contributed by atoms with E-state index in [1.165, 1.54) is 0 Å². The highest BCUT2D eigenvalue weighted by Gasteiger charge is 2.17. The summed E-state index contributed by atoms with van der Waals surface area (Å²) in [5.41, 5.74) is 5.77. The molecule has 1 amide bonds. The third-order valence-corrected chi connectivity index (χ3v) is 2.85. The number of carbonyl (C=O) groups excluding carboxylic acids is 2. The largest absolute Gasteiger partial charge is 0.497 e. The van der Waals surface area contributed by atoms with Gasteiger partial charge >= 0.3 is 0 Å². The van der Waals surface area contributed by atoms with Gasteiger partial charge < -0.3 is 10.5 Å².